The van der Waals surface area contributed by atoms with E-state index >= 15 is 0 Å². The van der Waals surface area contributed by atoms with Gasteiger partial charge in [-0.3, -0.25) is 14.4 Å². The van der Waals surface area contributed by atoms with E-state index in [1.807, 2.05) is 67.8 Å². The van der Waals surface area contributed by atoms with Gasteiger partial charge in [0.15, 0.2) is 0 Å². The number of nitrogens with two attached hydrogens (primary N) is 1. The van der Waals surface area contributed by atoms with Crippen LogP contribution >= 0.6 is 11.3 Å². The largest absolute Gasteiger partial charge is 0.365 e. The van der Waals surface area contributed by atoms with Gasteiger partial charge in [-0.15, -0.1) is 11.3 Å². The van der Waals surface area contributed by atoms with Gasteiger partial charge in [-0.2, -0.15) is 0 Å². The Bertz CT molecular complexity index is 1380. The van der Waals surface area contributed by atoms with Gasteiger partial charge in [-0.25, -0.2) is 0 Å². The van der Waals surface area contributed by atoms with E-state index in [9.17, 15) is 14.4 Å². The summed E-state index contributed by atoms with van der Waals surface area (Å²) in [6.07, 6.45) is 0.0862. The minimum atomic E-state index is -0.599. The van der Waals surface area contributed by atoms with Crippen LogP contribution in [0.3, 0.4) is 0 Å². The lowest BCUT2D eigenvalue weighted by Gasteiger charge is -2.12. The third-order valence-corrected chi connectivity index (χ3v) is 6.34. The molecule has 0 spiro atoms. The number of thiophene rings is 1. The van der Waals surface area contributed by atoms with Crippen LogP contribution in [0.1, 0.15) is 27.9 Å². The average Bonchev–Trinajstić information content (AvgIpc) is 3.18. The van der Waals surface area contributed by atoms with Crippen molar-refractivity contribution in [3.63, 3.8) is 0 Å². The summed E-state index contributed by atoms with van der Waals surface area (Å²) in [6, 6.07) is 17.0. The number of nitrogens with zero attached hydrogens (tertiary/aromatic N) is 1. The number of fused-ring (bicyclic) bond motifs is 1. The molecule has 3 N–H and O–H groups in total. The number of primary amides is 1. The van der Waals surface area contributed by atoms with E-state index in [-0.39, 0.29) is 24.4 Å². The highest BCUT2D eigenvalue weighted by Gasteiger charge is 2.20. The van der Waals surface area contributed by atoms with Crippen LogP contribution in [0.15, 0.2) is 64.8 Å². The molecule has 0 saturated carbocycles. The van der Waals surface area contributed by atoms with Gasteiger partial charge in [0, 0.05) is 35.4 Å². The highest BCUT2D eigenvalue weighted by molar-refractivity contribution is 7.15. The van der Waals surface area contributed by atoms with Crippen LogP contribution < -0.4 is 16.6 Å². The summed E-state index contributed by atoms with van der Waals surface area (Å²) in [6.45, 7) is 4.11. The number of para-hydroxylation sites is 1. The second kappa shape index (κ2) is 8.80. The van der Waals surface area contributed by atoms with Gasteiger partial charge in [0.1, 0.15) is 5.00 Å². The highest BCUT2D eigenvalue weighted by atomic mass is 32.1. The van der Waals surface area contributed by atoms with Crippen molar-refractivity contribution in [1.82, 2.24) is 4.57 Å². The molecule has 0 bridgehead atoms. The minimum Gasteiger partial charge on any atom is -0.365 e. The predicted octanol–water partition coefficient (Wildman–Crippen LogP) is 4.47. The first-order valence-electron chi connectivity index (χ1n) is 10.2. The van der Waals surface area contributed by atoms with Gasteiger partial charge < -0.3 is 15.6 Å². The van der Waals surface area contributed by atoms with Crippen LogP contribution in [-0.2, 0) is 11.3 Å². The summed E-state index contributed by atoms with van der Waals surface area (Å²) in [5.74, 6) is -0.890. The molecule has 0 aliphatic heterocycles. The maximum atomic E-state index is 12.7. The van der Waals surface area contributed by atoms with Crippen molar-refractivity contribution in [3.8, 4) is 11.1 Å². The molecule has 32 heavy (non-hydrogen) atoms. The molecule has 7 heteroatoms. The van der Waals surface area contributed by atoms with Crippen LogP contribution in [0.4, 0.5) is 5.00 Å². The van der Waals surface area contributed by atoms with E-state index in [0.717, 1.165) is 27.6 Å². The number of rotatable bonds is 6. The van der Waals surface area contributed by atoms with E-state index < -0.39 is 5.91 Å². The van der Waals surface area contributed by atoms with Gasteiger partial charge in [-0.05, 0) is 31.0 Å². The number of aromatic nitrogens is 1. The van der Waals surface area contributed by atoms with Gasteiger partial charge in [-0.1, -0.05) is 48.0 Å². The van der Waals surface area contributed by atoms with Crippen LogP contribution in [0.2, 0.25) is 0 Å². The summed E-state index contributed by atoms with van der Waals surface area (Å²) >= 11 is 1.26. The number of hydrogen-bond acceptors (Lipinski definition) is 4. The number of aryl methyl sites for hydroxylation is 3. The highest BCUT2D eigenvalue weighted by Crippen LogP contribution is 2.35. The third-order valence-electron chi connectivity index (χ3n) is 5.44. The Morgan fingerprint density at radius 1 is 1.06 bits per heavy atom. The fourth-order valence-electron chi connectivity index (χ4n) is 3.78. The molecular formula is C25H23N3O3S. The maximum absolute atomic E-state index is 12.7. The smallest absolute Gasteiger partial charge is 0.252 e. The zero-order chi connectivity index (χ0) is 22.8. The Morgan fingerprint density at radius 3 is 2.50 bits per heavy atom. The van der Waals surface area contributed by atoms with Crippen molar-refractivity contribution in [1.29, 1.82) is 0 Å². The fraction of sp³-hybridized carbons (Fsp3) is 0.160. The van der Waals surface area contributed by atoms with Crippen molar-refractivity contribution >= 4 is 39.1 Å². The first-order valence-corrected chi connectivity index (χ1v) is 11.1. The molecule has 0 unspecified atom stereocenters. The lowest BCUT2D eigenvalue weighted by atomic mass is 10.0. The summed E-state index contributed by atoms with van der Waals surface area (Å²) in [7, 11) is 0. The molecule has 0 fully saturated rings. The van der Waals surface area contributed by atoms with Crippen molar-refractivity contribution in [2.24, 2.45) is 5.73 Å². The topological polar surface area (TPSA) is 94.2 Å². The number of benzene rings is 2. The third kappa shape index (κ3) is 4.20. The molecule has 0 radical (unpaired) electrons. The fourth-order valence-corrected chi connectivity index (χ4v) is 4.77. The SMILES string of the molecule is Cc1ccc(-c2csc(NC(=O)CCn3c(=O)cc(C)c4ccccc43)c2C(N)=O)cc1. The second-order valence-electron chi connectivity index (χ2n) is 7.72. The number of anilines is 1. The number of amides is 2. The molecule has 2 heterocycles. The normalized spacial score (nSPS) is 10.9. The van der Waals surface area contributed by atoms with Gasteiger partial charge in [0.05, 0.1) is 11.1 Å². The zero-order valence-electron chi connectivity index (χ0n) is 17.8. The maximum Gasteiger partial charge on any atom is 0.252 e. The monoisotopic (exact) mass is 445 g/mol. The number of nitrogens with one attached hydrogen (secondary N) is 1. The van der Waals surface area contributed by atoms with E-state index in [1.54, 1.807) is 10.6 Å². The molecule has 162 valence electrons. The molecule has 0 aliphatic rings. The van der Waals surface area contributed by atoms with Crippen LogP contribution in [0.5, 0.6) is 0 Å². The number of carbonyl (C=O) groups excluding carboxylic acids is 2. The van der Waals surface area contributed by atoms with Gasteiger partial charge in [0.25, 0.3) is 11.5 Å². The molecule has 0 aliphatic carbocycles. The molecule has 0 atom stereocenters. The lowest BCUT2D eigenvalue weighted by molar-refractivity contribution is -0.116. The molecule has 2 aromatic carbocycles. The Kier molecular flexibility index (Phi) is 5.92. The first-order chi connectivity index (χ1) is 15.3. The second-order valence-corrected chi connectivity index (χ2v) is 8.60. The summed E-state index contributed by atoms with van der Waals surface area (Å²) in [5.41, 5.74) is 10.1. The zero-order valence-corrected chi connectivity index (χ0v) is 18.7. The van der Waals surface area contributed by atoms with Crippen LogP contribution in [0, 0.1) is 13.8 Å². The van der Waals surface area contributed by atoms with E-state index in [4.69, 9.17) is 5.73 Å². The average molecular weight is 446 g/mol. The van der Waals surface area contributed by atoms with E-state index in [0.29, 0.717) is 16.1 Å². The van der Waals surface area contributed by atoms with Crippen molar-refractivity contribution in [3.05, 3.63) is 87.0 Å². The summed E-state index contributed by atoms with van der Waals surface area (Å²) in [4.78, 5) is 37.4. The van der Waals surface area contributed by atoms with Gasteiger partial charge >= 0.3 is 0 Å². The van der Waals surface area contributed by atoms with E-state index in [2.05, 4.69) is 5.32 Å². The quantitative estimate of drug-likeness (QED) is 0.458. The van der Waals surface area contributed by atoms with Crippen molar-refractivity contribution in [2.75, 3.05) is 5.32 Å². The molecule has 2 aromatic heterocycles. The van der Waals surface area contributed by atoms with Crippen LogP contribution in [0.25, 0.3) is 22.0 Å². The molecular weight excluding hydrogens is 422 g/mol. The van der Waals surface area contributed by atoms with E-state index in [1.165, 1.54) is 11.3 Å². The Morgan fingerprint density at radius 2 is 1.78 bits per heavy atom. The van der Waals surface area contributed by atoms with Crippen LogP contribution in [-0.4, -0.2) is 16.4 Å². The summed E-state index contributed by atoms with van der Waals surface area (Å²) in [5, 5.41) is 6.02. The Labute approximate surface area is 189 Å². The molecule has 6 nitrogen and oxygen atoms in total. The first kappa shape index (κ1) is 21.5. The standard InChI is InChI=1S/C25H23N3O3S/c1-15-7-9-17(10-8-15)19-14-32-25(23(19)24(26)31)27-21(29)11-12-28-20-6-4-3-5-18(20)16(2)13-22(28)30/h3-10,13-14H,11-12H2,1-2H3,(H2,26,31)(H,27,29). The minimum absolute atomic E-state index is 0.0862. The summed E-state index contributed by atoms with van der Waals surface area (Å²) < 4.78 is 1.60. The molecule has 4 aromatic rings. The number of pyridine rings is 1. The Hall–Kier alpha value is -3.71. The van der Waals surface area contributed by atoms with Gasteiger partial charge in [0.2, 0.25) is 5.91 Å². The van der Waals surface area contributed by atoms with Crippen molar-refractivity contribution in [2.45, 2.75) is 26.8 Å². The number of hydrogen-bond donors (Lipinski definition) is 2. The van der Waals surface area contributed by atoms with Crippen molar-refractivity contribution < 1.29 is 9.59 Å². The predicted molar refractivity (Wildman–Crippen MR) is 129 cm³/mol. The Balaban J connectivity index is 1.56. The number of carbonyl (C=O) groups is 2. The molecule has 2 amide bonds. The lowest BCUT2D eigenvalue weighted by Crippen LogP contribution is -2.24. The molecule has 4 rings (SSSR count). The molecule has 0 saturated heterocycles.